The molecule has 0 aromatic heterocycles. The average molecular weight is 352 g/mol. The van der Waals surface area contributed by atoms with Gasteiger partial charge in [-0.3, -0.25) is 4.79 Å². The van der Waals surface area contributed by atoms with Gasteiger partial charge in [0.05, 0.1) is 6.10 Å². The number of rotatable bonds is 4. The van der Waals surface area contributed by atoms with Crippen LogP contribution in [0.2, 0.25) is 5.02 Å². The zero-order valence-electron chi connectivity index (χ0n) is 14.5. The minimum absolute atomic E-state index is 0.0986. The van der Waals surface area contributed by atoms with E-state index in [1.807, 2.05) is 18.7 Å². The first-order valence-electron chi connectivity index (χ1n) is 8.21. The molecule has 0 saturated carbocycles. The molecule has 2 rings (SSSR count). The van der Waals surface area contributed by atoms with E-state index < -0.39 is 11.5 Å². The second-order valence-corrected chi connectivity index (χ2v) is 7.58. The number of halogens is 1. The molecule has 4 N–H and O–H groups in total. The first kappa shape index (κ1) is 18.7. The summed E-state index contributed by atoms with van der Waals surface area (Å²) in [4.78, 5) is 13.3. The molecule has 1 aliphatic rings. The Labute approximate surface area is 148 Å². The summed E-state index contributed by atoms with van der Waals surface area (Å²) in [6, 6.07) is 3.31. The lowest BCUT2D eigenvalue weighted by atomic mass is 9.68. The molecule has 6 heteroatoms. The number of hydrogen-bond donors (Lipinski definition) is 3. The number of piperidine rings is 1. The molecule has 1 saturated heterocycles. The van der Waals surface area contributed by atoms with E-state index in [0.29, 0.717) is 34.9 Å². The fourth-order valence-electron chi connectivity index (χ4n) is 3.57. The van der Waals surface area contributed by atoms with Crippen molar-refractivity contribution in [1.29, 1.82) is 5.41 Å². The Balaban J connectivity index is 2.25. The van der Waals surface area contributed by atoms with Crippen LogP contribution in [0, 0.1) is 16.7 Å². The van der Waals surface area contributed by atoms with Crippen LogP contribution in [-0.2, 0) is 4.79 Å². The standard InChI is InChI=1S/C18H26ClN3O2/c1-11(23)22-6-4-13(5-7-22)18(2,3)17(24)15-9-14(19)8-12(10-20)16(15)21/h8-10,13,17,20,24H,4-7,21H2,1-3H3. The third-order valence-electron chi connectivity index (χ3n) is 5.36. The highest BCUT2D eigenvalue weighted by molar-refractivity contribution is 6.31. The molecule has 0 aliphatic carbocycles. The van der Waals surface area contributed by atoms with Crippen molar-refractivity contribution in [1.82, 2.24) is 4.90 Å². The molecule has 1 aliphatic heterocycles. The third kappa shape index (κ3) is 3.57. The lowest BCUT2D eigenvalue weighted by Gasteiger charge is -2.43. The molecule has 0 radical (unpaired) electrons. The largest absolute Gasteiger partial charge is 0.398 e. The molecular formula is C18H26ClN3O2. The molecular weight excluding hydrogens is 326 g/mol. The minimum atomic E-state index is -0.788. The maximum Gasteiger partial charge on any atom is 0.219 e. The van der Waals surface area contributed by atoms with E-state index in [4.69, 9.17) is 22.7 Å². The van der Waals surface area contributed by atoms with E-state index in [9.17, 15) is 9.90 Å². The summed E-state index contributed by atoms with van der Waals surface area (Å²) in [5, 5.41) is 18.9. The maximum atomic E-state index is 11.5. The smallest absolute Gasteiger partial charge is 0.219 e. The van der Waals surface area contributed by atoms with Crippen molar-refractivity contribution in [2.24, 2.45) is 11.3 Å². The molecule has 24 heavy (non-hydrogen) atoms. The van der Waals surface area contributed by atoms with E-state index in [2.05, 4.69) is 0 Å². The van der Waals surface area contributed by atoms with E-state index in [-0.39, 0.29) is 11.8 Å². The Morgan fingerprint density at radius 2 is 2.04 bits per heavy atom. The summed E-state index contributed by atoms with van der Waals surface area (Å²) in [6.45, 7) is 7.07. The van der Waals surface area contributed by atoms with E-state index in [1.54, 1.807) is 19.1 Å². The molecule has 5 nitrogen and oxygen atoms in total. The van der Waals surface area contributed by atoms with Crippen LogP contribution in [0.25, 0.3) is 0 Å². The van der Waals surface area contributed by atoms with Crippen molar-refractivity contribution in [2.75, 3.05) is 18.8 Å². The Morgan fingerprint density at radius 1 is 1.46 bits per heavy atom. The number of likely N-dealkylation sites (tertiary alicyclic amines) is 1. The predicted octanol–water partition coefficient (Wildman–Crippen LogP) is 3.24. The van der Waals surface area contributed by atoms with E-state index in [1.165, 1.54) is 0 Å². The van der Waals surface area contributed by atoms with E-state index >= 15 is 0 Å². The van der Waals surface area contributed by atoms with Crippen molar-refractivity contribution in [2.45, 2.75) is 39.7 Å². The Bertz CT molecular complexity index is 637. The van der Waals surface area contributed by atoms with Crippen LogP contribution >= 0.6 is 11.6 Å². The summed E-state index contributed by atoms with van der Waals surface area (Å²) in [5.41, 5.74) is 7.19. The Kier molecular flexibility index (Phi) is 5.56. The number of nitrogens with zero attached hydrogens (tertiary/aromatic N) is 1. The molecule has 1 heterocycles. The molecule has 1 aromatic carbocycles. The summed E-state index contributed by atoms with van der Waals surface area (Å²) in [7, 11) is 0. The van der Waals surface area contributed by atoms with Gasteiger partial charge in [-0.15, -0.1) is 0 Å². The van der Waals surface area contributed by atoms with Gasteiger partial charge in [0.15, 0.2) is 0 Å². The number of anilines is 1. The number of nitrogen functional groups attached to an aromatic ring is 1. The molecule has 1 fully saturated rings. The lowest BCUT2D eigenvalue weighted by Crippen LogP contribution is -2.43. The van der Waals surface area contributed by atoms with Crippen molar-refractivity contribution >= 4 is 29.4 Å². The fourth-order valence-corrected chi connectivity index (χ4v) is 3.80. The van der Waals surface area contributed by atoms with Crippen LogP contribution in [-0.4, -0.2) is 35.2 Å². The van der Waals surface area contributed by atoms with Crippen LogP contribution in [0.1, 0.15) is 50.8 Å². The summed E-state index contributed by atoms with van der Waals surface area (Å²) in [6.07, 6.45) is 2.06. The van der Waals surface area contributed by atoms with Gasteiger partial charge in [0.25, 0.3) is 0 Å². The summed E-state index contributed by atoms with van der Waals surface area (Å²) >= 11 is 6.12. The van der Waals surface area contributed by atoms with Gasteiger partial charge in [-0.2, -0.15) is 0 Å². The number of nitrogens with two attached hydrogens (primary N) is 1. The number of carbonyl (C=O) groups is 1. The average Bonchev–Trinajstić information content (AvgIpc) is 2.55. The van der Waals surface area contributed by atoms with Crippen molar-refractivity contribution < 1.29 is 9.90 Å². The van der Waals surface area contributed by atoms with Crippen molar-refractivity contribution in [3.05, 3.63) is 28.3 Å². The van der Waals surface area contributed by atoms with Crippen LogP contribution < -0.4 is 5.73 Å². The van der Waals surface area contributed by atoms with Crippen LogP contribution in [0.15, 0.2) is 12.1 Å². The molecule has 132 valence electrons. The predicted molar refractivity (Wildman–Crippen MR) is 97.5 cm³/mol. The summed E-state index contributed by atoms with van der Waals surface area (Å²) in [5.74, 6) is 0.367. The quantitative estimate of drug-likeness (QED) is 0.574. The molecule has 1 atom stereocenters. The first-order chi connectivity index (χ1) is 11.2. The minimum Gasteiger partial charge on any atom is -0.398 e. The van der Waals surface area contributed by atoms with Crippen molar-refractivity contribution in [3.8, 4) is 0 Å². The number of benzene rings is 1. The van der Waals surface area contributed by atoms with Crippen LogP contribution in [0.5, 0.6) is 0 Å². The molecule has 0 spiro atoms. The highest BCUT2D eigenvalue weighted by atomic mass is 35.5. The SMILES string of the molecule is CC(=O)N1CCC(C(C)(C)C(O)c2cc(Cl)cc(C=N)c2N)CC1. The Morgan fingerprint density at radius 3 is 2.54 bits per heavy atom. The lowest BCUT2D eigenvalue weighted by molar-refractivity contribution is -0.131. The topological polar surface area (TPSA) is 90.4 Å². The number of hydrogen-bond acceptors (Lipinski definition) is 4. The zero-order valence-corrected chi connectivity index (χ0v) is 15.2. The van der Waals surface area contributed by atoms with Gasteiger partial charge < -0.3 is 21.1 Å². The second-order valence-electron chi connectivity index (χ2n) is 7.15. The Hall–Kier alpha value is -1.59. The third-order valence-corrected chi connectivity index (χ3v) is 5.57. The number of aliphatic hydroxyl groups excluding tert-OH is 1. The van der Waals surface area contributed by atoms with Crippen LogP contribution in [0.4, 0.5) is 5.69 Å². The maximum absolute atomic E-state index is 11.5. The van der Waals surface area contributed by atoms with Crippen LogP contribution in [0.3, 0.4) is 0 Å². The highest BCUT2D eigenvalue weighted by Crippen LogP contribution is 2.46. The van der Waals surface area contributed by atoms with Gasteiger partial charge in [-0.1, -0.05) is 25.4 Å². The van der Waals surface area contributed by atoms with Gasteiger partial charge in [0.2, 0.25) is 5.91 Å². The van der Waals surface area contributed by atoms with Gasteiger partial charge >= 0.3 is 0 Å². The van der Waals surface area contributed by atoms with E-state index in [0.717, 1.165) is 19.1 Å². The van der Waals surface area contributed by atoms with Gasteiger partial charge in [-0.05, 0) is 36.3 Å². The molecule has 1 amide bonds. The van der Waals surface area contributed by atoms with Gasteiger partial charge in [0, 0.05) is 48.1 Å². The number of carbonyl (C=O) groups excluding carboxylic acids is 1. The number of nitrogens with one attached hydrogen (secondary N) is 1. The van der Waals surface area contributed by atoms with Gasteiger partial charge in [-0.25, -0.2) is 0 Å². The second kappa shape index (κ2) is 7.11. The molecule has 1 unspecified atom stereocenters. The zero-order chi connectivity index (χ0) is 18.1. The van der Waals surface area contributed by atoms with Gasteiger partial charge in [0.1, 0.15) is 0 Å². The normalized spacial score (nSPS) is 17.6. The summed E-state index contributed by atoms with van der Waals surface area (Å²) < 4.78 is 0. The monoisotopic (exact) mass is 351 g/mol. The molecule has 1 aromatic rings. The van der Waals surface area contributed by atoms with Crippen molar-refractivity contribution in [3.63, 3.8) is 0 Å². The fraction of sp³-hybridized carbons (Fsp3) is 0.556. The molecule has 0 bridgehead atoms. The highest BCUT2D eigenvalue weighted by Gasteiger charge is 2.40. The number of amides is 1. The first-order valence-corrected chi connectivity index (χ1v) is 8.59. The number of aliphatic hydroxyl groups is 1.